The number of carbonyl (C=O) groups excluding carboxylic acids is 1. The number of ketones is 1. The Morgan fingerprint density at radius 2 is 1.72 bits per heavy atom. The molecule has 0 aromatic heterocycles. The summed E-state index contributed by atoms with van der Waals surface area (Å²) in [6.45, 7) is 2.04. The fourth-order valence-corrected chi connectivity index (χ4v) is 2.20. The maximum absolute atomic E-state index is 12.4. The maximum atomic E-state index is 12.4. The first-order valence-corrected chi connectivity index (χ1v) is 6.00. The number of benzene rings is 2. The Kier molecular flexibility index (Phi) is 2.56. The fourth-order valence-electron chi connectivity index (χ4n) is 2.20. The third kappa shape index (κ3) is 1.76. The van der Waals surface area contributed by atoms with Crippen molar-refractivity contribution in [1.29, 1.82) is 0 Å². The smallest absolute Gasteiger partial charge is 0.177 e. The summed E-state index contributed by atoms with van der Waals surface area (Å²) in [5, 5.41) is 0. The Balaban J connectivity index is 2.03. The first kappa shape index (κ1) is 10.9. The molecular weight excluding hydrogens is 222 g/mol. The zero-order valence-corrected chi connectivity index (χ0v) is 10.1. The van der Waals surface area contributed by atoms with E-state index in [4.69, 9.17) is 0 Å². The number of Topliss-reactive ketones (excluding diaryl/α,β-unsaturated/α-hetero) is 1. The van der Waals surface area contributed by atoms with Gasteiger partial charge in [-0.05, 0) is 24.6 Å². The highest BCUT2D eigenvalue weighted by Crippen LogP contribution is 2.30. The molecule has 2 aromatic rings. The van der Waals surface area contributed by atoms with Crippen LogP contribution in [-0.4, -0.2) is 12.0 Å². The standard InChI is InChI=1S/C16H13NO/c1-11-6-8-12(9-7-11)14-10-17-15-5-3-2-4-13(15)16(14)18/h2-10,14H,1H3. The lowest BCUT2D eigenvalue weighted by Gasteiger charge is -2.17. The fraction of sp³-hybridized carbons (Fsp3) is 0.125. The van der Waals surface area contributed by atoms with Gasteiger partial charge in [0.1, 0.15) is 0 Å². The maximum Gasteiger partial charge on any atom is 0.177 e. The van der Waals surface area contributed by atoms with Gasteiger partial charge in [0, 0.05) is 11.8 Å². The third-order valence-electron chi connectivity index (χ3n) is 3.25. The highest BCUT2D eigenvalue weighted by atomic mass is 16.1. The molecule has 1 heterocycles. The Morgan fingerprint density at radius 1 is 1.00 bits per heavy atom. The minimum absolute atomic E-state index is 0.129. The van der Waals surface area contributed by atoms with E-state index in [1.54, 1.807) is 6.21 Å². The van der Waals surface area contributed by atoms with E-state index in [2.05, 4.69) is 4.99 Å². The van der Waals surface area contributed by atoms with Gasteiger partial charge in [0.25, 0.3) is 0 Å². The summed E-state index contributed by atoms with van der Waals surface area (Å²) < 4.78 is 0. The molecule has 0 N–H and O–H groups in total. The molecule has 0 saturated heterocycles. The highest BCUT2D eigenvalue weighted by Gasteiger charge is 2.25. The zero-order valence-electron chi connectivity index (χ0n) is 10.1. The first-order chi connectivity index (χ1) is 8.75. The normalized spacial score (nSPS) is 17.6. The molecule has 3 rings (SSSR count). The van der Waals surface area contributed by atoms with Crippen molar-refractivity contribution < 1.29 is 4.79 Å². The third-order valence-corrected chi connectivity index (χ3v) is 3.25. The molecule has 88 valence electrons. The molecule has 0 spiro atoms. The Bertz CT molecular complexity index is 626. The van der Waals surface area contributed by atoms with Crippen molar-refractivity contribution >= 4 is 17.7 Å². The Labute approximate surface area is 106 Å². The molecule has 0 aliphatic carbocycles. The molecule has 1 unspecified atom stereocenters. The zero-order chi connectivity index (χ0) is 12.5. The molecule has 0 saturated carbocycles. The number of aryl methyl sites for hydroxylation is 1. The van der Waals surface area contributed by atoms with Crippen LogP contribution in [0.5, 0.6) is 0 Å². The SMILES string of the molecule is Cc1ccc(C2C=Nc3ccccc3C2=O)cc1. The van der Waals surface area contributed by atoms with Crippen LogP contribution in [0.1, 0.15) is 27.4 Å². The number of hydrogen-bond donors (Lipinski definition) is 0. The van der Waals surface area contributed by atoms with Crippen LogP contribution in [0.15, 0.2) is 53.5 Å². The average molecular weight is 235 g/mol. The molecule has 0 radical (unpaired) electrons. The van der Waals surface area contributed by atoms with Crippen LogP contribution in [0, 0.1) is 6.92 Å². The summed E-state index contributed by atoms with van der Waals surface area (Å²) in [7, 11) is 0. The van der Waals surface area contributed by atoms with Crippen LogP contribution >= 0.6 is 0 Å². The molecule has 1 aliphatic heterocycles. The molecule has 1 atom stereocenters. The van der Waals surface area contributed by atoms with Crippen LogP contribution in [0.4, 0.5) is 5.69 Å². The van der Waals surface area contributed by atoms with Gasteiger partial charge in [-0.15, -0.1) is 0 Å². The lowest BCUT2D eigenvalue weighted by Crippen LogP contribution is -2.17. The van der Waals surface area contributed by atoms with E-state index in [0.29, 0.717) is 5.56 Å². The van der Waals surface area contributed by atoms with Crippen LogP contribution in [-0.2, 0) is 0 Å². The van der Waals surface area contributed by atoms with Crippen molar-refractivity contribution in [3.63, 3.8) is 0 Å². The molecular formula is C16H13NO. The number of aliphatic imine (C=N–C) groups is 1. The lowest BCUT2D eigenvalue weighted by molar-refractivity contribution is 0.0983. The van der Waals surface area contributed by atoms with Gasteiger partial charge in [0.15, 0.2) is 5.78 Å². The molecule has 1 aliphatic rings. The first-order valence-electron chi connectivity index (χ1n) is 6.00. The summed E-state index contributed by atoms with van der Waals surface area (Å²) in [6.07, 6.45) is 1.75. The van der Waals surface area contributed by atoms with Crippen molar-refractivity contribution in [2.75, 3.05) is 0 Å². The summed E-state index contributed by atoms with van der Waals surface area (Å²) in [5.41, 5.74) is 3.68. The monoisotopic (exact) mass is 235 g/mol. The van der Waals surface area contributed by atoms with E-state index in [1.807, 2.05) is 55.5 Å². The van der Waals surface area contributed by atoms with Crippen molar-refractivity contribution in [2.45, 2.75) is 12.8 Å². The van der Waals surface area contributed by atoms with Gasteiger partial charge >= 0.3 is 0 Å². The average Bonchev–Trinajstić information content (AvgIpc) is 2.41. The second-order valence-electron chi connectivity index (χ2n) is 4.55. The van der Waals surface area contributed by atoms with Crippen molar-refractivity contribution in [3.05, 3.63) is 65.2 Å². The van der Waals surface area contributed by atoms with Gasteiger partial charge in [0.2, 0.25) is 0 Å². The largest absolute Gasteiger partial charge is 0.293 e. The van der Waals surface area contributed by atoms with Crippen LogP contribution in [0.3, 0.4) is 0 Å². The minimum Gasteiger partial charge on any atom is -0.293 e. The second-order valence-corrected chi connectivity index (χ2v) is 4.55. The van der Waals surface area contributed by atoms with Crippen LogP contribution in [0.2, 0.25) is 0 Å². The Hall–Kier alpha value is -2.22. The molecule has 2 nitrogen and oxygen atoms in total. The lowest BCUT2D eigenvalue weighted by atomic mass is 9.88. The Morgan fingerprint density at radius 3 is 2.50 bits per heavy atom. The van der Waals surface area contributed by atoms with Crippen molar-refractivity contribution in [2.24, 2.45) is 4.99 Å². The molecule has 2 heteroatoms. The van der Waals surface area contributed by atoms with E-state index < -0.39 is 0 Å². The topological polar surface area (TPSA) is 29.4 Å². The molecule has 2 aromatic carbocycles. The summed E-state index contributed by atoms with van der Waals surface area (Å²) in [4.78, 5) is 16.8. The number of hydrogen-bond acceptors (Lipinski definition) is 2. The number of para-hydroxylation sites is 1. The predicted octanol–water partition coefficient (Wildman–Crippen LogP) is 3.68. The van der Waals surface area contributed by atoms with Crippen LogP contribution < -0.4 is 0 Å². The summed E-state index contributed by atoms with van der Waals surface area (Å²) >= 11 is 0. The number of fused-ring (bicyclic) bond motifs is 1. The van der Waals surface area contributed by atoms with Gasteiger partial charge in [-0.25, -0.2) is 0 Å². The number of rotatable bonds is 1. The van der Waals surface area contributed by atoms with E-state index in [-0.39, 0.29) is 11.7 Å². The quantitative estimate of drug-likeness (QED) is 0.741. The van der Waals surface area contributed by atoms with Crippen molar-refractivity contribution in [1.82, 2.24) is 0 Å². The van der Waals surface area contributed by atoms with Gasteiger partial charge < -0.3 is 0 Å². The predicted molar refractivity (Wildman–Crippen MR) is 72.8 cm³/mol. The molecule has 0 bridgehead atoms. The van der Waals surface area contributed by atoms with Gasteiger partial charge in [-0.1, -0.05) is 42.0 Å². The summed E-state index contributed by atoms with van der Waals surface area (Å²) in [5.74, 6) is -0.120. The summed E-state index contributed by atoms with van der Waals surface area (Å²) in [6, 6.07) is 15.5. The van der Waals surface area contributed by atoms with E-state index >= 15 is 0 Å². The molecule has 0 fully saturated rings. The van der Waals surface area contributed by atoms with Gasteiger partial charge in [-0.3, -0.25) is 9.79 Å². The molecule has 0 amide bonds. The second kappa shape index (κ2) is 4.22. The van der Waals surface area contributed by atoms with E-state index in [1.165, 1.54) is 5.56 Å². The van der Waals surface area contributed by atoms with E-state index in [9.17, 15) is 4.79 Å². The van der Waals surface area contributed by atoms with Gasteiger partial charge in [-0.2, -0.15) is 0 Å². The van der Waals surface area contributed by atoms with E-state index in [0.717, 1.165) is 11.3 Å². The van der Waals surface area contributed by atoms with Gasteiger partial charge in [0.05, 0.1) is 11.6 Å². The highest BCUT2D eigenvalue weighted by molar-refractivity contribution is 6.15. The van der Waals surface area contributed by atoms with Crippen LogP contribution in [0.25, 0.3) is 0 Å². The molecule has 18 heavy (non-hydrogen) atoms. The van der Waals surface area contributed by atoms with Crippen molar-refractivity contribution in [3.8, 4) is 0 Å². The number of nitrogens with zero attached hydrogens (tertiary/aromatic N) is 1. The number of carbonyl (C=O) groups is 1. The minimum atomic E-state index is -0.250.